The molecule has 0 N–H and O–H groups in total. The predicted molar refractivity (Wildman–Crippen MR) is 111 cm³/mol. The molecule has 6 heteroatoms. The number of hydrogen-bond acceptors (Lipinski definition) is 6. The lowest BCUT2D eigenvalue weighted by atomic mass is 10.1. The van der Waals surface area contributed by atoms with Crippen LogP contribution in [0.3, 0.4) is 0 Å². The van der Waals surface area contributed by atoms with Gasteiger partial charge < -0.3 is 4.74 Å². The minimum Gasteiger partial charge on any atom is -0.461 e. The van der Waals surface area contributed by atoms with Gasteiger partial charge >= 0.3 is 5.97 Å². The van der Waals surface area contributed by atoms with Crippen molar-refractivity contribution in [1.82, 2.24) is 0 Å². The Kier molecular flexibility index (Phi) is 7.53. The van der Waals surface area contributed by atoms with Gasteiger partial charge in [0.1, 0.15) is 6.01 Å². The van der Waals surface area contributed by atoms with Gasteiger partial charge in [-0.25, -0.2) is 4.79 Å². The van der Waals surface area contributed by atoms with Crippen molar-refractivity contribution in [2.75, 3.05) is 6.61 Å². The molecule has 0 atom stereocenters. The van der Waals surface area contributed by atoms with Crippen LogP contribution < -0.4 is 0 Å². The highest BCUT2D eigenvalue weighted by Crippen LogP contribution is 2.21. The molecule has 2 aromatic carbocycles. The lowest BCUT2D eigenvalue weighted by Crippen LogP contribution is -2.06. The summed E-state index contributed by atoms with van der Waals surface area (Å²) in [5.41, 5.74) is 4.40. The number of thiocarbonyl (C=S) groups is 1. The predicted octanol–water partition coefficient (Wildman–Crippen LogP) is 5.45. The summed E-state index contributed by atoms with van der Waals surface area (Å²) in [4.78, 5) is 24.2. The number of hydrogen-bond donors (Lipinski definition) is 0. The van der Waals surface area contributed by atoms with Crippen molar-refractivity contribution in [3.63, 3.8) is 0 Å². The Morgan fingerprint density at radius 1 is 1.11 bits per heavy atom. The highest BCUT2D eigenvalue weighted by molar-refractivity contribution is 7.78. The SMILES string of the molecule is CCOC(=O)/C(=C/c1cc(N=C=Nc2ccc(C)cc2)ccc1C)N=C=S. The zero-order valence-corrected chi connectivity index (χ0v) is 16.2. The summed E-state index contributed by atoms with van der Waals surface area (Å²) in [5.74, 6) is -0.552. The van der Waals surface area contributed by atoms with E-state index in [9.17, 15) is 4.79 Å². The van der Waals surface area contributed by atoms with Gasteiger partial charge in [0.2, 0.25) is 0 Å². The molecule has 0 aliphatic carbocycles. The molecule has 0 bridgehead atoms. The zero-order valence-electron chi connectivity index (χ0n) is 15.4. The molecular weight excluding hydrogens is 358 g/mol. The number of isothiocyanates is 1. The Hall–Kier alpha value is -3.17. The van der Waals surface area contributed by atoms with Crippen LogP contribution >= 0.6 is 12.2 Å². The lowest BCUT2D eigenvalue weighted by molar-refractivity contribution is -0.138. The van der Waals surface area contributed by atoms with Crippen molar-refractivity contribution < 1.29 is 9.53 Å². The molecule has 0 amide bonds. The average Bonchev–Trinajstić information content (AvgIpc) is 2.65. The van der Waals surface area contributed by atoms with Gasteiger partial charge in [-0.05, 0) is 74.5 Å². The largest absolute Gasteiger partial charge is 0.461 e. The summed E-state index contributed by atoms with van der Waals surface area (Å²) in [6, 6.07) is 16.0. The number of carbonyl (C=O) groups is 1. The van der Waals surface area contributed by atoms with Crippen LogP contribution in [0.25, 0.3) is 6.08 Å². The van der Waals surface area contributed by atoms with Crippen LogP contribution in [0.4, 0.5) is 11.4 Å². The highest BCUT2D eigenvalue weighted by atomic mass is 32.1. The standard InChI is InChI=1S/C21H19N3O2S/c1-4-26-21(25)20(24-14-27)12-17-11-19(10-7-16(17)3)23-13-22-18-8-5-15(2)6-9-18/h5-12H,4H2,1-3H3/b20-12-. The van der Waals surface area contributed by atoms with E-state index >= 15 is 0 Å². The van der Waals surface area contributed by atoms with Crippen LogP contribution in [0.15, 0.2) is 63.1 Å². The van der Waals surface area contributed by atoms with E-state index in [0.717, 1.165) is 22.4 Å². The molecule has 0 aromatic heterocycles. The fourth-order valence-electron chi connectivity index (χ4n) is 2.15. The van der Waals surface area contributed by atoms with Crippen LogP contribution in [-0.4, -0.2) is 23.7 Å². The minimum absolute atomic E-state index is 0.0874. The van der Waals surface area contributed by atoms with Crippen LogP contribution in [-0.2, 0) is 9.53 Å². The Morgan fingerprint density at radius 2 is 1.78 bits per heavy atom. The molecule has 136 valence electrons. The third kappa shape index (κ3) is 6.24. The van der Waals surface area contributed by atoms with E-state index in [1.165, 1.54) is 0 Å². The average molecular weight is 377 g/mol. The second kappa shape index (κ2) is 10.1. The first-order valence-corrected chi connectivity index (χ1v) is 8.74. The van der Waals surface area contributed by atoms with Crippen molar-refractivity contribution in [2.45, 2.75) is 20.8 Å². The van der Waals surface area contributed by atoms with E-state index in [0.29, 0.717) is 5.69 Å². The number of esters is 1. The Bertz CT molecular complexity index is 965. The molecule has 0 saturated carbocycles. The molecular formula is C21H19N3O2S. The van der Waals surface area contributed by atoms with Gasteiger partial charge in [-0.3, -0.25) is 0 Å². The summed E-state index contributed by atoms with van der Waals surface area (Å²) < 4.78 is 4.98. The first-order valence-electron chi connectivity index (χ1n) is 8.34. The number of nitrogens with zero attached hydrogens (tertiary/aromatic N) is 3. The molecule has 2 rings (SSSR count). The van der Waals surface area contributed by atoms with Crippen LogP contribution in [0, 0.1) is 13.8 Å². The molecule has 5 nitrogen and oxygen atoms in total. The van der Waals surface area contributed by atoms with E-state index in [1.54, 1.807) is 13.0 Å². The monoisotopic (exact) mass is 377 g/mol. The molecule has 27 heavy (non-hydrogen) atoms. The number of aliphatic imine (C=N–C) groups is 3. The van der Waals surface area contributed by atoms with E-state index in [-0.39, 0.29) is 12.3 Å². The van der Waals surface area contributed by atoms with Crippen LogP contribution in [0.1, 0.15) is 23.6 Å². The number of aryl methyl sites for hydroxylation is 2. The van der Waals surface area contributed by atoms with E-state index < -0.39 is 5.97 Å². The van der Waals surface area contributed by atoms with Gasteiger partial charge in [0.15, 0.2) is 5.70 Å². The number of ether oxygens (including phenoxy) is 1. The van der Waals surface area contributed by atoms with Crippen molar-refractivity contribution >= 4 is 46.8 Å². The van der Waals surface area contributed by atoms with E-state index in [1.807, 2.05) is 56.3 Å². The minimum atomic E-state index is -0.552. The Labute approximate surface area is 163 Å². The molecule has 0 aliphatic rings. The first kappa shape index (κ1) is 20.1. The molecule has 0 fully saturated rings. The molecule has 0 saturated heterocycles. The number of benzene rings is 2. The van der Waals surface area contributed by atoms with Gasteiger partial charge in [0.25, 0.3) is 0 Å². The van der Waals surface area contributed by atoms with Crippen molar-refractivity contribution in [3.05, 3.63) is 64.9 Å². The van der Waals surface area contributed by atoms with Crippen molar-refractivity contribution in [3.8, 4) is 0 Å². The molecule has 0 heterocycles. The van der Waals surface area contributed by atoms with Gasteiger partial charge in [-0.2, -0.15) is 15.0 Å². The zero-order chi connectivity index (χ0) is 19.6. The number of rotatable bonds is 6. The van der Waals surface area contributed by atoms with Gasteiger partial charge in [-0.15, -0.1) is 0 Å². The summed E-state index contributed by atoms with van der Waals surface area (Å²) in [6.45, 7) is 5.91. The first-order chi connectivity index (χ1) is 13.0. The second-order valence-electron chi connectivity index (χ2n) is 5.65. The Balaban J connectivity index is 2.33. The smallest absolute Gasteiger partial charge is 0.357 e. The third-order valence-electron chi connectivity index (χ3n) is 3.60. The summed E-state index contributed by atoms with van der Waals surface area (Å²) in [6.07, 6.45) is 1.60. The van der Waals surface area contributed by atoms with Crippen LogP contribution in [0.2, 0.25) is 0 Å². The van der Waals surface area contributed by atoms with E-state index in [4.69, 9.17) is 4.74 Å². The normalized spacial score (nSPS) is 10.4. The topological polar surface area (TPSA) is 63.4 Å². The molecule has 0 aliphatic heterocycles. The molecule has 0 unspecified atom stereocenters. The third-order valence-corrected chi connectivity index (χ3v) is 3.69. The summed E-state index contributed by atoms with van der Waals surface area (Å²) >= 11 is 4.61. The maximum Gasteiger partial charge on any atom is 0.357 e. The Morgan fingerprint density at radius 3 is 2.44 bits per heavy atom. The fraction of sp³-hybridized carbons (Fsp3) is 0.190. The second-order valence-corrected chi connectivity index (χ2v) is 5.84. The quantitative estimate of drug-likeness (QED) is 0.291. The van der Waals surface area contributed by atoms with Gasteiger partial charge in [-0.1, -0.05) is 23.8 Å². The fourth-order valence-corrected chi connectivity index (χ4v) is 2.25. The maximum absolute atomic E-state index is 12.0. The van der Waals surface area contributed by atoms with Crippen molar-refractivity contribution in [1.29, 1.82) is 0 Å². The summed E-state index contributed by atoms with van der Waals surface area (Å²) in [7, 11) is 0. The molecule has 0 spiro atoms. The highest BCUT2D eigenvalue weighted by Gasteiger charge is 2.10. The van der Waals surface area contributed by atoms with E-state index in [2.05, 4.69) is 38.4 Å². The lowest BCUT2D eigenvalue weighted by Gasteiger charge is -2.04. The maximum atomic E-state index is 12.0. The van der Waals surface area contributed by atoms with Gasteiger partial charge in [0.05, 0.1) is 23.1 Å². The summed E-state index contributed by atoms with van der Waals surface area (Å²) in [5, 5.41) is 2.21. The molecule has 0 radical (unpaired) electrons. The van der Waals surface area contributed by atoms with Crippen LogP contribution in [0.5, 0.6) is 0 Å². The molecule has 2 aromatic rings. The number of carbonyl (C=O) groups excluding carboxylic acids is 1. The van der Waals surface area contributed by atoms with Crippen molar-refractivity contribution in [2.24, 2.45) is 15.0 Å². The van der Waals surface area contributed by atoms with Gasteiger partial charge in [0, 0.05) is 0 Å².